The molecule has 434 valence electrons. The first-order valence-corrected chi connectivity index (χ1v) is 30.3. The lowest BCUT2D eigenvalue weighted by molar-refractivity contribution is -0.127. The van der Waals surface area contributed by atoms with Crippen LogP contribution in [0.3, 0.4) is 0 Å². The summed E-state index contributed by atoms with van der Waals surface area (Å²) in [6.07, 6.45) is 2.27. The summed E-state index contributed by atoms with van der Waals surface area (Å²) in [5.41, 5.74) is 7.81. The average Bonchev–Trinajstić information content (AvgIpc) is 2.68. The van der Waals surface area contributed by atoms with E-state index in [0.29, 0.717) is 52.7 Å². The Morgan fingerprint density at radius 1 is 0.400 bits per heavy atom. The second kappa shape index (κ2) is 32.2. The van der Waals surface area contributed by atoms with Crippen molar-refractivity contribution in [3.63, 3.8) is 0 Å². The minimum atomic E-state index is -2.08. The lowest BCUT2D eigenvalue weighted by Crippen LogP contribution is -3.00. The van der Waals surface area contributed by atoms with Gasteiger partial charge in [-0.3, -0.25) is 9.69 Å². The van der Waals surface area contributed by atoms with Crippen molar-refractivity contribution in [2.24, 2.45) is 0 Å². The zero-order valence-electron chi connectivity index (χ0n) is 47.9. The number of Topliss-reactive ketones (excluding diaryl/α,β-unsaturated/α-hetero) is 1. The normalized spacial score (nSPS) is 12.2. The molecule has 0 bridgehead atoms. The quantitative estimate of drug-likeness (QED) is 0.0689. The van der Waals surface area contributed by atoms with E-state index in [1.165, 1.54) is 26.4 Å². The molecule has 2 aliphatic heterocycles. The third-order valence-corrected chi connectivity index (χ3v) is 18.2. The zero-order valence-corrected chi connectivity index (χ0v) is 50.4. The molecule has 13 heteroatoms. The second-order valence-corrected chi connectivity index (χ2v) is 23.6. The fraction of sp³-hybridized carbons (Fsp3) is 0.181. The van der Waals surface area contributed by atoms with E-state index in [2.05, 4.69) is 138 Å². The van der Waals surface area contributed by atoms with Crippen LogP contribution in [0.2, 0.25) is 0 Å². The Bertz CT molecular complexity index is 3290. The van der Waals surface area contributed by atoms with Crippen molar-refractivity contribution in [3.05, 3.63) is 288 Å². The number of hydrogen-bond donors (Lipinski definition) is 0. The van der Waals surface area contributed by atoms with E-state index < -0.39 is 7.26 Å². The summed E-state index contributed by atoms with van der Waals surface area (Å²) in [5.74, 6) is 3.20. The summed E-state index contributed by atoms with van der Waals surface area (Å²) in [6, 6.07) is 86.0. The maximum Gasteiger partial charge on any atom is 0.410 e. The van der Waals surface area contributed by atoms with Gasteiger partial charge in [-0.05, 0) is 113 Å². The summed E-state index contributed by atoms with van der Waals surface area (Å²) in [4.78, 5) is 35.9. The van der Waals surface area contributed by atoms with Gasteiger partial charge in [-0.25, -0.2) is 9.59 Å². The Balaban J connectivity index is 0.000000193. The predicted octanol–water partition coefficient (Wildman–Crippen LogP) is 11.1. The molecule has 2 aliphatic rings. The number of halogens is 1. The number of amides is 2. The van der Waals surface area contributed by atoms with E-state index >= 15 is 0 Å². The van der Waals surface area contributed by atoms with Gasteiger partial charge in [0.15, 0.2) is 5.78 Å². The van der Waals surface area contributed by atoms with Gasteiger partial charge in [0.1, 0.15) is 72.6 Å². The highest BCUT2D eigenvalue weighted by Gasteiger charge is 2.45. The molecule has 2 amide bonds. The number of likely N-dealkylation sites (tertiary alicyclic amines) is 2. The van der Waals surface area contributed by atoms with Crippen LogP contribution >= 0.6 is 7.26 Å². The molecule has 0 atom stereocenters. The Morgan fingerprint density at radius 3 is 1.00 bits per heavy atom. The smallest absolute Gasteiger partial charge is 0.410 e. The molecule has 0 radical (unpaired) electrons. The number of carbonyl (C=O) groups excluding carboxylic acids is 3. The zero-order chi connectivity index (χ0) is 58.2. The molecule has 9 aromatic carbocycles. The van der Waals surface area contributed by atoms with E-state index in [1.807, 2.05) is 128 Å². The van der Waals surface area contributed by atoms with Gasteiger partial charge >= 0.3 is 12.2 Å². The number of carbonyl (C=O) groups is 3. The summed E-state index contributed by atoms with van der Waals surface area (Å²) >= 11 is 0. The molecule has 9 aromatic rings. The van der Waals surface area contributed by atoms with E-state index in [-0.39, 0.29) is 48.0 Å². The Labute approximate surface area is 510 Å². The molecule has 2 heterocycles. The molecular weight excluding hydrogens is 1150 g/mol. The lowest BCUT2D eigenvalue weighted by Gasteiger charge is -2.33. The SMILES string of the molecule is CCOC(=O)N1CC(=Cc2cc(OCc3ccccc3)cc(OCc3ccccc3)c2)C1.CCOC(=O)N1CC(=O)C1.[Br-].c1ccc(COc2cc(C[P+](c3ccccc3)(c3ccccc3)c3ccccc3)cc(OCc3ccccc3)c2)cc1. The van der Waals surface area contributed by atoms with Crippen LogP contribution in [0.4, 0.5) is 9.59 Å². The predicted molar refractivity (Wildman–Crippen MR) is 335 cm³/mol. The number of benzene rings is 9. The van der Waals surface area contributed by atoms with Crippen LogP contribution < -0.4 is 51.8 Å². The first-order valence-electron chi connectivity index (χ1n) is 28.3. The summed E-state index contributed by atoms with van der Waals surface area (Å²) in [5, 5.41) is 4.05. The maximum atomic E-state index is 11.8. The first-order chi connectivity index (χ1) is 41.2. The van der Waals surface area contributed by atoms with Gasteiger partial charge in [-0.1, -0.05) is 182 Å². The first kappa shape index (κ1) is 62.1. The minimum absolute atomic E-state index is 0. The molecule has 0 saturated carbocycles. The molecule has 11 nitrogen and oxygen atoms in total. The number of ether oxygens (including phenoxy) is 6. The van der Waals surface area contributed by atoms with E-state index in [9.17, 15) is 14.4 Å². The highest BCUT2D eigenvalue weighted by Crippen LogP contribution is 2.58. The van der Waals surface area contributed by atoms with Crippen molar-refractivity contribution in [1.82, 2.24) is 9.80 Å². The monoisotopic (exact) mass is 1220 g/mol. The largest absolute Gasteiger partial charge is 1.00 e. The van der Waals surface area contributed by atoms with Crippen LogP contribution in [-0.4, -0.2) is 67.2 Å². The van der Waals surface area contributed by atoms with Crippen LogP contribution in [0.25, 0.3) is 6.08 Å². The fourth-order valence-electron chi connectivity index (χ4n) is 9.58. The van der Waals surface area contributed by atoms with Gasteiger partial charge in [0.05, 0.1) is 32.5 Å². The Hall–Kier alpha value is -8.96. The summed E-state index contributed by atoms with van der Waals surface area (Å²) < 4.78 is 34.6. The molecule has 85 heavy (non-hydrogen) atoms. The number of rotatable bonds is 20. The van der Waals surface area contributed by atoms with Crippen LogP contribution in [0.5, 0.6) is 23.0 Å². The van der Waals surface area contributed by atoms with Crippen LogP contribution in [0, 0.1) is 0 Å². The van der Waals surface area contributed by atoms with Crippen LogP contribution in [0.15, 0.2) is 254 Å². The number of nitrogens with zero attached hydrogens (tertiary/aromatic N) is 2. The van der Waals surface area contributed by atoms with Crippen molar-refractivity contribution in [3.8, 4) is 23.0 Å². The highest BCUT2D eigenvalue weighted by atomic mass is 79.9. The Morgan fingerprint density at radius 2 is 0.694 bits per heavy atom. The van der Waals surface area contributed by atoms with Gasteiger partial charge in [-0.2, -0.15) is 0 Å². The van der Waals surface area contributed by atoms with Gasteiger partial charge in [0.2, 0.25) is 0 Å². The van der Waals surface area contributed by atoms with Gasteiger partial charge < -0.3 is 50.3 Å². The number of ketones is 1. The summed E-state index contributed by atoms with van der Waals surface area (Å²) in [7, 11) is -2.08. The molecule has 0 aromatic heterocycles. The molecule has 11 rings (SSSR count). The van der Waals surface area contributed by atoms with E-state index in [4.69, 9.17) is 23.7 Å². The molecule has 0 aliphatic carbocycles. The Kier molecular flexibility index (Phi) is 23.5. The van der Waals surface area contributed by atoms with Crippen molar-refractivity contribution >= 4 is 47.2 Å². The topological polar surface area (TPSA) is 113 Å². The lowest BCUT2D eigenvalue weighted by atomic mass is 10.0. The molecular formula is C72H70BrN2O9P. The van der Waals surface area contributed by atoms with Crippen molar-refractivity contribution < 1.29 is 59.8 Å². The third kappa shape index (κ3) is 18.3. The average molecular weight is 1220 g/mol. The molecule has 0 spiro atoms. The molecule has 0 unspecified atom stereocenters. The van der Waals surface area contributed by atoms with Gasteiger partial charge in [0.25, 0.3) is 0 Å². The van der Waals surface area contributed by atoms with Crippen molar-refractivity contribution in [2.45, 2.75) is 46.4 Å². The van der Waals surface area contributed by atoms with Crippen LogP contribution in [0.1, 0.15) is 47.2 Å². The van der Waals surface area contributed by atoms with Crippen molar-refractivity contribution in [2.75, 3.05) is 39.4 Å². The third-order valence-electron chi connectivity index (χ3n) is 13.8. The van der Waals surface area contributed by atoms with Crippen LogP contribution in [-0.2, 0) is 46.9 Å². The molecule has 2 saturated heterocycles. The van der Waals surface area contributed by atoms with E-state index in [1.54, 1.807) is 11.8 Å². The second-order valence-electron chi connectivity index (χ2n) is 20.1. The fourth-order valence-corrected chi connectivity index (χ4v) is 13.8. The van der Waals surface area contributed by atoms with E-state index in [0.717, 1.165) is 62.6 Å². The molecule has 2 fully saturated rings. The standard InChI is InChI=1S/C39H34O2P.C27H27NO4.C6H9NO3.BrH/c1-6-16-32(17-7-1)29-40-35-26-34(27-36(28-35)41-30-33-18-8-2-9-19-33)31-42(37-20-10-3-11-21-37,38-22-12-4-13-23-38)39-24-14-5-15-25-39;1-2-30-27(29)28-17-24(18-28)13-23-14-25(31-19-21-9-5-3-6-10-21)16-26(15-23)32-20-22-11-7-4-8-12-22;1-2-10-6(9)7-3-5(8)4-7;/h1-28H,29-31H2;3-16H,2,17-20H2,1H3;2-4H2,1H3;1H/q+1;;;/p-1. The number of hydrogen-bond acceptors (Lipinski definition) is 9. The highest BCUT2D eigenvalue weighted by molar-refractivity contribution is 7.95. The summed E-state index contributed by atoms with van der Waals surface area (Å²) in [6.45, 7) is 7.86. The van der Waals surface area contributed by atoms with Crippen molar-refractivity contribution in [1.29, 1.82) is 0 Å². The van der Waals surface area contributed by atoms with Gasteiger partial charge in [0, 0.05) is 25.2 Å². The van der Waals surface area contributed by atoms with Gasteiger partial charge in [-0.15, -0.1) is 0 Å². The minimum Gasteiger partial charge on any atom is -1.00 e. The maximum absolute atomic E-state index is 11.8. The molecule has 0 N–H and O–H groups in total.